The van der Waals surface area contributed by atoms with E-state index in [1.54, 1.807) is 0 Å². The molecule has 8 heteroatoms. The van der Waals surface area contributed by atoms with E-state index in [1.807, 2.05) is 0 Å². The predicted octanol–water partition coefficient (Wildman–Crippen LogP) is 2.16. The molecule has 0 unspecified atom stereocenters. The zero-order valence-corrected chi connectivity index (χ0v) is 8.13. The molecule has 1 aromatic heterocycles. The first-order valence-corrected chi connectivity index (χ1v) is 4.06. The van der Waals surface area contributed by atoms with Crippen molar-refractivity contribution in [1.29, 1.82) is 0 Å². The lowest BCUT2D eigenvalue weighted by atomic mass is 10.4. The van der Waals surface area contributed by atoms with Crippen LogP contribution in [0.4, 0.5) is 5.88 Å². The summed E-state index contributed by atoms with van der Waals surface area (Å²) in [5, 5.41) is 20.3. The van der Waals surface area contributed by atoms with Crippen molar-refractivity contribution in [3.05, 3.63) is 42.7 Å². The van der Waals surface area contributed by atoms with E-state index >= 15 is 0 Å². The van der Waals surface area contributed by atoms with Crippen LogP contribution in [0.3, 0.4) is 0 Å². The number of furan rings is 1. The standard InChI is InChI=1S/C6H3BrN2O5/c7-5(8(10)11)3-4-1-2-6(14-4)9(12)13/h1-3H. The molecular weight excluding hydrogens is 260 g/mol. The second kappa shape index (κ2) is 4.01. The highest BCUT2D eigenvalue weighted by molar-refractivity contribution is 9.11. The molecule has 0 saturated carbocycles. The summed E-state index contributed by atoms with van der Waals surface area (Å²) in [5.74, 6) is -0.417. The van der Waals surface area contributed by atoms with E-state index in [4.69, 9.17) is 0 Å². The first-order valence-electron chi connectivity index (χ1n) is 3.26. The van der Waals surface area contributed by atoms with Gasteiger partial charge < -0.3 is 4.42 Å². The summed E-state index contributed by atoms with van der Waals surface area (Å²) in [6.45, 7) is 0. The van der Waals surface area contributed by atoms with E-state index in [0.717, 1.165) is 12.1 Å². The SMILES string of the molecule is O=[N+]([O-])C(Br)=Cc1ccc([N+](=O)[O-])o1. The van der Waals surface area contributed by atoms with Crippen LogP contribution in [0.5, 0.6) is 0 Å². The van der Waals surface area contributed by atoms with Crippen LogP contribution in [-0.2, 0) is 0 Å². The normalized spacial score (nSPS) is 11.4. The molecule has 0 atom stereocenters. The Morgan fingerprint density at radius 1 is 1.43 bits per heavy atom. The molecule has 0 spiro atoms. The van der Waals surface area contributed by atoms with Crippen molar-refractivity contribution in [3.8, 4) is 0 Å². The third kappa shape index (κ3) is 2.39. The van der Waals surface area contributed by atoms with Gasteiger partial charge in [0.15, 0.2) is 0 Å². The zero-order valence-electron chi connectivity index (χ0n) is 6.55. The maximum atomic E-state index is 10.2. The van der Waals surface area contributed by atoms with Gasteiger partial charge >= 0.3 is 10.5 Å². The van der Waals surface area contributed by atoms with Gasteiger partial charge in [-0.15, -0.1) is 0 Å². The molecule has 74 valence electrons. The summed E-state index contributed by atoms with van der Waals surface area (Å²) in [4.78, 5) is 18.9. The average Bonchev–Trinajstić information content (AvgIpc) is 2.52. The Balaban J connectivity index is 2.93. The molecule has 0 radical (unpaired) electrons. The van der Waals surface area contributed by atoms with E-state index in [-0.39, 0.29) is 10.4 Å². The minimum Gasteiger partial charge on any atom is -0.401 e. The van der Waals surface area contributed by atoms with E-state index in [9.17, 15) is 20.2 Å². The summed E-state index contributed by atoms with van der Waals surface area (Å²) < 4.78 is 4.32. The van der Waals surface area contributed by atoms with Crippen molar-refractivity contribution >= 4 is 27.9 Å². The van der Waals surface area contributed by atoms with Crippen LogP contribution in [0.25, 0.3) is 6.08 Å². The third-order valence-corrected chi connectivity index (χ3v) is 1.75. The molecule has 1 aromatic rings. The minimum absolute atomic E-state index is 0.0419. The molecule has 0 N–H and O–H groups in total. The molecule has 1 rings (SSSR count). The van der Waals surface area contributed by atoms with Crippen LogP contribution in [0, 0.1) is 20.2 Å². The van der Waals surface area contributed by atoms with Crippen molar-refractivity contribution in [2.75, 3.05) is 0 Å². The van der Waals surface area contributed by atoms with E-state index in [1.165, 1.54) is 6.07 Å². The molecular formula is C6H3BrN2O5. The number of nitro groups is 2. The number of hydrogen-bond acceptors (Lipinski definition) is 5. The van der Waals surface area contributed by atoms with Gasteiger partial charge in [-0.05, 0) is 6.07 Å². The Bertz CT molecular complexity index is 410. The predicted molar refractivity (Wildman–Crippen MR) is 49.3 cm³/mol. The molecule has 0 saturated heterocycles. The summed E-state index contributed by atoms with van der Waals surface area (Å²) in [6, 6.07) is 2.38. The largest absolute Gasteiger partial charge is 0.433 e. The fourth-order valence-electron chi connectivity index (χ4n) is 0.688. The quantitative estimate of drug-likeness (QED) is 0.472. The molecule has 0 aliphatic carbocycles. The average molecular weight is 263 g/mol. The topological polar surface area (TPSA) is 99.4 Å². The molecule has 0 amide bonds. The van der Waals surface area contributed by atoms with Crippen molar-refractivity contribution in [3.63, 3.8) is 0 Å². The van der Waals surface area contributed by atoms with Gasteiger partial charge in [0.25, 0.3) is 0 Å². The maximum absolute atomic E-state index is 10.2. The van der Waals surface area contributed by atoms with Crippen LogP contribution in [0.1, 0.15) is 5.76 Å². The fourth-order valence-corrected chi connectivity index (χ4v) is 0.914. The van der Waals surface area contributed by atoms with Gasteiger partial charge in [0.05, 0.1) is 17.1 Å². The Hall–Kier alpha value is -1.70. The fraction of sp³-hybridized carbons (Fsp3) is 0. The highest BCUT2D eigenvalue weighted by atomic mass is 79.9. The molecule has 14 heavy (non-hydrogen) atoms. The zero-order chi connectivity index (χ0) is 10.7. The van der Waals surface area contributed by atoms with Gasteiger partial charge in [-0.1, -0.05) is 0 Å². The van der Waals surface area contributed by atoms with Gasteiger partial charge in [-0.2, -0.15) is 0 Å². The lowest BCUT2D eigenvalue weighted by molar-refractivity contribution is -0.407. The first kappa shape index (κ1) is 10.4. The summed E-state index contributed by atoms with van der Waals surface area (Å²) >= 11 is 2.66. The lowest BCUT2D eigenvalue weighted by Crippen LogP contribution is -1.89. The Morgan fingerprint density at radius 2 is 2.07 bits per heavy atom. The van der Waals surface area contributed by atoms with Crippen LogP contribution in [-0.4, -0.2) is 9.85 Å². The summed E-state index contributed by atoms with van der Waals surface area (Å²) in [7, 11) is 0. The third-order valence-electron chi connectivity index (χ3n) is 1.23. The highest BCUT2D eigenvalue weighted by Crippen LogP contribution is 2.19. The second-order valence-electron chi connectivity index (χ2n) is 2.16. The highest BCUT2D eigenvalue weighted by Gasteiger charge is 2.13. The summed E-state index contributed by atoms with van der Waals surface area (Å²) in [5.41, 5.74) is 0. The molecule has 0 bridgehead atoms. The number of halogens is 1. The van der Waals surface area contributed by atoms with Crippen LogP contribution < -0.4 is 0 Å². The van der Waals surface area contributed by atoms with E-state index in [2.05, 4.69) is 20.3 Å². The number of hydrogen-bond donors (Lipinski definition) is 0. The minimum atomic E-state index is -0.725. The number of nitrogens with zero attached hydrogens (tertiary/aromatic N) is 2. The Labute approximate surface area is 85.4 Å². The van der Waals surface area contributed by atoms with Crippen molar-refractivity contribution < 1.29 is 14.3 Å². The Morgan fingerprint density at radius 3 is 2.50 bits per heavy atom. The van der Waals surface area contributed by atoms with Crippen LogP contribution in [0.2, 0.25) is 0 Å². The monoisotopic (exact) mass is 262 g/mol. The summed E-state index contributed by atoms with van der Waals surface area (Å²) in [6.07, 6.45) is 1.03. The van der Waals surface area contributed by atoms with Crippen molar-refractivity contribution in [2.45, 2.75) is 0 Å². The molecule has 0 fully saturated rings. The molecule has 0 aliphatic rings. The van der Waals surface area contributed by atoms with Crippen LogP contribution >= 0.6 is 15.9 Å². The molecule has 0 aromatic carbocycles. The van der Waals surface area contributed by atoms with Gasteiger partial charge in [0, 0.05) is 15.9 Å². The van der Waals surface area contributed by atoms with Gasteiger partial charge in [0.2, 0.25) is 0 Å². The second-order valence-corrected chi connectivity index (χ2v) is 2.97. The van der Waals surface area contributed by atoms with Gasteiger partial charge in [-0.3, -0.25) is 20.2 Å². The Kier molecular flexibility index (Phi) is 2.97. The van der Waals surface area contributed by atoms with Crippen LogP contribution in [0.15, 0.2) is 21.2 Å². The number of rotatable bonds is 3. The lowest BCUT2D eigenvalue weighted by Gasteiger charge is -1.85. The first-order chi connectivity index (χ1) is 6.50. The van der Waals surface area contributed by atoms with Gasteiger partial charge in [0.1, 0.15) is 10.7 Å². The van der Waals surface area contributed by atoms with E-state index < -0.39 is 15.7 Å². The van der Waals surface area contributed by atoms with E-state index in [0.29, 0.717) is 0 Å². The van der Waals surface area contributed by atoms with Crippen molar-refractivity contribution in [1.82, 2.24) is 0 Å². The molecule has 7 nitrogen and oxygen atoms in total. The maximum Gasteiger partial charge on any atom is 0.433 e. The van der Waals surface area contributed by atoms with Gasteiger partial charge in [-0.25, -0.2) is 0 Å². The van der Waals surface area contributed by atoms with Crippen molar-refractivity contribution in [2.24, 2.45) is 0 Å². The molecule has 0 aliphatic heterocycles. The smallest absolute Gasteiger partial charge is 0.401 e. The molecule has 1 heterocycles.